The Labute approximate surface area is 107 Å². The van der Waals surface area contributed by atoms with Crippen LogP contribution in [-0.4, -0.2) is 31.1 Å². The molecule has 2 N–H and O–H groups in total. The summed E-state index contributed by atoms with van der Waals surface area (Å²) < 4.78 is 0. The molecule has 17 heavy (non-hydrogen) atoms. The maximum atomic E-state index is 6.10. The molecule has 0 aromatic rings. The van der Waals surface area contributed by atoms with Crippen molar-refractivity contribution in [2.75, 3.05) is 26.2 Å². The summed E-state index contributed by atoms with van der Waals surface area (Å²) in [5.74, 6) is 0.931. The minimum absolute atomic E-state index is 0.464. The van der Waals surface area contributed by atoms with Crippen molar-refractivity contribution in [3.63, 3.8) is 0 Å². The number of hydrogen-bond acceptors (Lipinski definition) is 2. The van der Waals surface area contributed by atoms with Gasteiger partial charge in [0.25, 0.3) is 0 Å². The van der Waals surface area contributed by atoms with Gasteiger partial charge in [-0.15, -0.1) is 0 Å². The topological polar surface area (TPSA) is 29.3 Å². The predicted molar refractivity (Wildman–Crippen MR) is 74.0 cm³/mol. The number of nitrogens with zero attached hydrogens (tertiary/aromatic N) is 1. The molecule has 1 heterocycles. The Kier molecular flexibility index (Phi) is 4.87. The Bertz CT molecular complexity index is 221. The van der Waals surface area contributed by atoms with Gasteiger partial charge in [0.05, 0.1) is 0 Å². The maximum absolute atomic E-state index is 6.10. The first-order valence-electron chi connectivity index (χ1n) is 7.66. The zero-order valence-corrected chi connectivity index (χ0v) is 11.6. The van der Waals surface area contributed by atoms with Gasteiger partial charge in [-0.1, -0.05) is 26.2 Å². The summed E-state index contributed by atoms with van der Waals surface area (Å²) in [5.41, 5.74) is 6.56. The molecule has 0 bridgehead atoms. The zero-order valence-electron chi connectivity index (χ0n) is 11.6. The Morgan fingerprint density at radius 2 is 1.82 bits per heavy atom. The minimum Gasteiger partial charge on any atom is -0.330 e. The van der Waals surface area contributed by atoms with Crippen molar-refractivity contribution in [3.8, 4) is 0 Å². The molecular formula is C15H30N2. The van der Waals surface area contributed by atoms with Gasteiger partial charge in [0.15, 0.2) is 0 Å². The van der Waals surface area contributed by atoms with Gasteiger partial charge < -0.3 is 10.6 Å². The van der Waals surface area contributed by atoms with Crippen LogP contribution in [0.25, 0.3) is 0 Å². The van der Waals surface area contributed by atoms with Crippen molar-refractivity contribution in [1.29, 1.82) is 0 Å². The van der Waals surface area contributed by atoms with Crippen molar-refractivity contribution in [2.24, 2.45) is 17.1 Å². The summed E-state index contributed by atoms with van der Waals surface area (Å²) >= 11 is 0. The average Bonchev–Trinajstić information content (AvgIpc) is 2.56. The molecule has 0 aromatic heterocycles. The largest absolute Gasteiger partial charge is 0.330 e. The van der Waals surface area contributed by atoms with Crippen molar-refractivity contribution in [2.45, 2.75) is 58.3 Å². The fourth-order valence-corrected chi connectivity index (χ4v) is 3.68. The van der Waals surface area contributed by atoms with Crippen LogP contribution in [0.5, 0.6) is 0 Å². The number of likely N-dealkylation sites (tertiary alicyclic amines) is 1. The summed E-state index contributed by atoms with van der Waals surface area (Å²) in [5, 5.41) is 0. The summed E-state index contributed by atoms with van der Waals surface area (Å²) in [6, 6.07) is 0. The molecule has 1 saturated carbocycles. The van der Waals surface area contributed by atoms with Crippen LogP contribution < -0.4 is 5.73 Å². The van der Waals surface area contributed by atoms with E-state index in [0.29, 0.717) is 5.41 Å². The van der Waals surface area contributed by atoms with Crippen LogP contribution in [0, 0.1) is 11.3 Å². The second-order valence-corrected chi connectivity index (χ2v) is 6.58. The highest BCUT2D eigenvalue weighted by Crippen LogP contribution is 2.36. The molecule has 2 nitrogen and oxygen atoms in total. The first kappa shape index (κ1) is 13.4. The molecular weight excluding hydrogens is 208 g/mol. The third-order valence-corrected chi connectivity index (χ3v) is 5.02. The lowest BCUT2D eigenvalue weighted by molar-refractivity contribution is 0.113. The average molecular weight is 238 g/mol. The van der Waals surface area contributed by atoms with Gasteiger partial charge in [-0.05, 0) is 63.1 Å². The van der Waals surface area contributed by atoms with E-state index in [1.54, 1.807) is 0 Å². The normalized spacial score (nSPS) is 31.1. The lowest BCUT2D eigenvalue weighted by Gasteiger charge is -2.40. The van der Waals surface area contributed by atoms with E-state index in [-0.39, 0.29) is 0 Å². The summed E-state index contributed by atoms with van der Waals surface area (Å²) in [7, 11) is 0. The summed E-state index contributed by atoms with van der Waals surface area (Å²) in [4.78, 5) is 2.71. The number of hydrogen-bond donors (Lipinski definition) is 1. The van der Waals surface area contributed by atoms with Gasteiger partial charge in [0.1, 0.15) is 0 Å². The molecule has 2 aliphatic rings. The molecule has 2 heteroatoms. The molecule has 2 rings (SSSR count). The first-order valence-corrected chi connectivity index (χ1v) is 7.66. The van der Waals surface area contributed by atoms with E-state index in [2.05, 4.69) is 11.8 Å². The third-order valence-electron chi connectivity index (χ3n) is 5.02. The van der Waals surface area contributed by atoms with Gasteiger partial charge >= 0.3 is 0 Å². The molecule has 0 aromatic carbocycles. The van der Waals surface area contributed by atoms with Crippen LogP contribution in [0.2, 0.25) is 0 Å². The fourth-order valence-electron chi connectivity index (χ4n) is 3.68. The lowest BCUT2D eigenvalue weighted by Crippen LogP contribution is -2.44. The lowest BCUT2D eigenvalue weighted by atomic mass is 9.73. The zero-order chi connectivity index (χ0) is 12.1. The maximum Gasteiger partial charge on any atom is 0.00501 e. The summed E-state index contributed by atoms with van der Waals surface area (Å²) in [6.07, 6.45) is 11.2. The second-order valence-electron chi connectivity index (χ2n) is 6.58. The molecule has 0 radical (unpaired) electrons. The highest BCUT2D eigenvalue weighted by Gasteiger charge is 2.32. The van der Waals surface area contributed by atoms with Crippen LogP contribution in [0.3, 0.4) is 0 Å². The molecule has 2 fully saturated rings. The second kappa shape index (κ2) is 6.19. The molecule has 1 atom stereocenters. The van der Waals surface area contributed by atoms with Crippen molar-refractivity contribution in [1.82, 2.24) is 4.90 Å². The van der Waals surface area contributed by atoms with E-state index in [1.807, 2.05) is 0 Å². The van der Waals surface area contributed by atoms with Crippen molar-refractivity contribution < 1.29 is 0 Å². The Morgan fingerprint density at radius 3 is 2.53 bits per heavy atom. The molecule has 1 unspecified atom stereocenters. The molecule has 0 amide bonds. The Hall–Kier alpha value is -0.0800. The van der Waals surface area contributed by atoms with Gasteiger partial charge in [-0.25, -0.2) is 0 Å². The number of nitrogens with two attached hydrogens (primary N) is 1. The van der Waals surface area contributed by atoms with Crippen LogP contribution in [0.4, 0.5) is 0 Å². The van der Waals surface area contributed by atoms with E-state index < -0.39 is 0 Å². The standard InChI is InChI=1S/C15H30N2/c1-14-6-5-10-17(11-7-14)13-15(12-16)8-3-2-4-9-15/h14H,2-13,16H2,1H3. The van der Waals surface area contributed by atoms with Gasteiger partial charge in [-0.3, -0.25) is 0 Å². The van der Waals surface area contributed by atoms with Crippen molar-refractivity contribution in [3.05, 3.63) is 0 Å². The van der Waals surface area contributed by atoms with Crippen LogP contribution in [0.1, 0.15) is 58.3 Å². The molecule has 1 aliphatic heterocycles. The van der Waals surface area contributed by atoms with Crippen LogP contribution in [0.15, 0.2) is 0 Å². The highest BCUT2D eigenvalue weighted by atomic mass is 15.1. The van der Waals surface area contributed by atoms with E-state index >= 15 is 0 Å². The smallest absolute Gasteiger partial charge is 0.00501 e. The molecule has 100 valence electrons. The van der Waals surface area contributed by atoms with Gasteiger partial charge in [0, 0.05) is 6.54 Å². The fraction of sp³-hybridized carbons (Fsp3) is 1.00. The first-order chi connectivity index (χ1) is 8.24. The van der Waals surface area contributed by atoms with E-state index in [4.69, 9.17) is 5.73 Å². The quantitative estimate of drug-likeness (QED) is 0.819. The summed E-state index contributed by atoms with van der Waals surface area (Å²) in [6.45, 7) is 7.20. The Balaban J connectivity index is 1.88. The van der Waals surface area contributed by atoms with Gasteiger partial charge in [-0.2, -0.15) is 0 Å². The Morgan fingerprint density at radius 1 is 1.06 bits per heavy atom. The molecule has 1 saturated heterocycles. The predicted octanol–water partition coefficient (Wildman–Crippen LogP) is 3.02. The van der Waals surface area contributed by atoms with E-state index in [9.17, 15) is 0 Å². The minimum atomic E-state index is 0.464. The number of rotatable bonds is 3. The monoisotopic (exact) mass is 238 g/mol. The van der Waals surface area contributed by atoms with E-state index in [0.717, 1.165) is 12.5 Å². The van der Waals surface area contributed by atoms with Crippen molar-refractivity contribution >= 4 is 0 Å². The molecule has 0 spiro atoms. The van der Waals surface area contributed by atoms with Crippen LogP contribution >= 0.6 is 0 Å². The third kappa shape index (κ3) is 3.69. The SMILES string of the molecule is CC1CCCN(CC2(CN)CCCCC2)CC1. The molecule has 1 aliphatic carbocycles. The van der Waals surface area contributed by atoms with Crippen LogP contribution in [-0.2, 0) is 0 Å². The van der Waals surface area contributed by atoms with E-state index in [1.165, 1.54) is 71.0 Å². The highest BCUT2D eigenvalue weighted by molar-refractivity contribution is 4.87. The van der Waals surface area contributed by atoms with Gasteiger partial charge in [0.2, 0.25) is 0 Å².